The Bertz CT molecular complexity index is 826. The quantitative estimate of drug-likeness (QED) is 0.712. The number of nitrogens with one attached hydrogen (secondary N) is 1. The fourth-order valence-corrected chi connectivity index (χ4v) is 3.58. The van der Waals surface area contributed by atoms with Crippen LogP contribution in [0.2, 0.25) is 0 Å². The Kier molecular flexibility index (Phi) is 6.57. The lowest BCUT2D eigenvalue weighted by molar-refractivity contribution is -0.121. The van der Waals surface area contributed by atoms with Crippen molar-refractivity contribution in [1.29, 1.82) is 0 Å². The van der Waals surface area contributed by atoms with Crippen LogP contribution in [0.5, 0.6) is 5.75 Å². The van der Waals surface area contributed by atoms with Gasteiger partial charge in [0.2, 0.25) is 15.9 Å². The summed E-state index contributed by atoms with van der Waals surface area (Å²) < 4.78 is 43.7. The van der Waals surface area contributed by atoms with E-state index in [0.29, 0.717) is 5.75 Å². The van der Waals surface area contributed by atoms with Gasteiger partial charge in [0.05, 0.1) is 18.5 Å². The largest absolute Gasteiger partial charge is 0.492 e. The molecule has 140 valence electrons. The van der Waals surface area contributed by atoms with E-state index in [-0.39, 0.29) is 18.8 Å². The highest BCUT2D eigenvalue weighted by Gasteiger charge is 2.28. The lowest BCUT2D eigenvalue weighted by Crippen LogP contribution is -2.48. The van der Waals surface area contributed by atoms with Gasteiger partial charge in [-0.2, -0.15) is 0 Å². The van der Waals surface area contributed by atoms with Gasteiger partial charge < -0.3 is 10.1 Å². The number of anilines is 1. The molecular weight excluding hydrogens is 359 g/mol. The molecule has 26 heavy (non-hydrogen) atoms. The number of rotatable bonds is 8. The van der Waals surface area contributed by atoms with E-state index in [1.54, 1.807) is 12.1 Å². The van der Waals surface area contributed by atoms with Crippen molar-refractivity contribution < 1.29 is 22.3 Å². The van der Waals surface area contributed by atoms with Gasteiger partial charge in [0, 0.05) is 0 Å². The Morgan fingerprint density at radius 3 is 2.35 bits per heavy atom. The lowest BCUT2D eigenvalue weighted by atomic mass is 10.2. The van der Waals surface area contributed by atoms with Crippen LogP contribution in [0.25, 0.3) is 0 Å². The van der Waals surface area contributed by atoms with E-state index in [4.69, 9.17) is 4.74 Å². The summed E-state index contributed by atoms with van der Waals surface area (Å²) in [7, 11) is -3.73. The van der Waals surface area contributed by atoms with E-state index in [1.165, 1.54) is 19.1 Å². The van der Waals surface area contributed by atoms with E-state index < -0.39 is 27.8 Å². The van der Waals surface area contributed by atoms with Crippen LogP contribution in [0.1, 0.15) is 6.92 Å². The molecule has 1 amide bonds. The molecule has 2 rings (SSSR count). The third kappa shape index (κ3) is 5.45. The van der Waals surface area contributed by atoms with Crippen molar-refractivity contribution in [2.75, 3.05) is 23.7 Å². The number of benzene rings is 2. The van der Waals surface area contributed by atoms with Crippen LogP contribution in [0, 0.1) is 5.82 Å². The van der Waals surface area contributed by atoms with Gasteiger partial charge >= 0.3 is 0 Å². The summed E-state index contributed by atoms with van der Waals surface area (Å²) in [5, 5.41) is 2.64. The highest BCUT2D eigenvalue weighted by Crippen LogP contribution is 2.21. The minimum absolute atomic E-state index is 0.220. The molecule has 0 radical (unpaired) electrons. The predicted molar refractivity (Wildman–Crippen MR) is 98.1 cm³/mol. The van der Waals surface area contributed by atoms with Crippen molar-refractivity contribution in [1.82, 2.24) is 5.32 Å². The molecule has 1 N–H and O–H groups in total. The number of carbonyl (C=O) groups is 1. The van der Waals surface area contributed by atoms with Crippen LogP contribution in [-0.2, 0) is 14.8 Å². The molecule has 0 heterocycles. The van der Waals surface area contributed by atoms with E-state index in [2.05, 4.69) is 5.32 Å². The molecule has 0 unspecified atom stereocenters. The summed E-state index contributed by atoms with van der Waals surface area (Å²) in [4.78, 5) is 12.3. The molecule has 0 aliphatic carbocycles. The minimum Gasteiger partial charge on any atom is -0.492 e. The predicted octanol–water partition coefficient (Wildman–Crippen LogP) is 2.18. The fraction of sp³-hybridized carbons (Fsp3) is 0.278. The topological polar surface area (TPSA) is 75.7 Å². The molecule has 0 saturated carbocycles. The zero-order valence-electron chi connectivity index (χ0n) is 14.6. The minimum atomic E-state index is -3.73. The van der Waals surface area contributed by atoms with Crippen LogP contribution >= 0.6 is 0 Å². The average molecular weight is 380 g/mol. The number of para-hydroxylation sites is 1. The number of ether oxygens (including phenoxy) is 1. The van der Waals surface area contributed by atoms with Crippen molar-refractivity contribution in [2.45, 2.75) is 13.0 Å². The van der Waals surface area contributed by atoms with Crippen molar-refractivity contribution in [2.24, 2.45) is 0 Å². The second-order valence-corrected chi connectivity index (χ2v) is 7.52. The van der Waals surface area contributed by atoms with Crippen molar-refractivity contribution in [3.05, 3.63) is 60.4 Å². The Morgan fingerprint density at radius 1 is 1.15 bits per heavy atom. The molecular formula is C18H21FN2O4S. The van der Waals surface area contributed by atoms with Gasteiger partial charge in [-0.15, -0.1) is 0 Å². The van der Waals surface area contributed by atoms with Gasteiger partial charge in [0.1, 0.15) is 24.2 Å². The summed E-state index contributed by atoms with van der Waals surface area (Å²) in [6, 6.07) is 13.1. The standard InChI is InChI=1S/C18H21FN2O4S/c1-14(18(22)20-12-13-25-17-6-4-3-5-7-17)21(26(2,23)24)16-10-8-15(19)9-11-16/h3-11,14H,12-13H2,1-2H3,(H,20,22)/t14-/m1/s1. The maximum Gasteiger partial charge on any atom is 0.243 e. The smallest absolute Gasteiger partial charge is 0.243 e. The summed E-state index contributed by atoms with van der Waals surface area (Å²) >= 11 is 0. The molecule has 1 atom stereocenters. The molecule has 2 aromatic carbocycles. The van der Waals surface area contributed by atoms with Gasteiger partial charge in [-0.3, -0.25) is 9.10 Å². The number of hydrogen-bond donors (Lipinski definition) is 1. The normalized spacial score (nSPS) is 12.3. The third-order valence-electron chi connectivity index (χ3n) is 3.58. The first-order valence-corrected chi connectivity index (χ1v) is 9.84. The Balaban J connectivity index is 1.98. The number of halogens is 1. The third-order valence-corrected chi connectivity index (χ3v) is 4.82. The summed E-state index contributed by atoms with van der Waals surface area (Å²) in [5.41, 5.74) is 0.220. The van der Waals surface area contributed by atoms with Crippen LogP contribution < -0.4 is 14.4 Å². The fourth-order valence-electron chi connectivity index (χ4n) is 2.40. The zero-order chi connectivity index (χ0) is 19.2. The zero-order valence-corrected chi connectivity index (χ0v) is 15.4. The first kappa shape index (κ1) is 19.7. The van der Waals surface area contributed by atoms with Crippen LogP contribution in [0.4, 0.5) is 10.1 Å². The molecule has 0 fully saturated rings. The number of sulfonamides is 1. The molecule has 0 aromatic heterocycles. The van der Waals surface area contributed by atoms with E-state index >= 15 is 0 Å². The molecule has 0 saturated heterocycles. The first-order valence-electron chi connectivity index (χ1n) is 7.99. The molecule has 2 aromatic rings. The average Bonchev–Trinajstić information content (AvgIpc) is 2.60. The van der Waals surface area contributed by atoms with Gasteiger partial charge in [0.25, 0.3) is 0 Å². The van der Waals surface area contributed by atoms with Crippen molar-refractivity contribution in [3.63, 3.8) is 0 Å². The summed E-state index contributed by atoms with van der Waals surface area (Å²) in [5.74, 6) is -0.285. The summed E-state index contributed by atoms with van der Waals surface area (Å²) in [6.45, 7) is 1.94. The van der Waals surface area contributed by atoms with Gasteiger partial charge in [-0.05, 0) is 43.3 Å². The maximum absolute atomic E-state index is 13.1. The van der Waals surface area contributed by atoms with Crippen LogP contribution in [-0.4, -0.2) is 39.8 Å². The van der Waals surface area contributed by atoms with Crippen molar-refractivity contribution >= 4 is 21.6 Å². The van der Waals surface area contributed by atoms with Gasteiger partial charge in [0.15, 0.2) is 0 Å². The summed E-state index contributed by atoms with van der Waals surface area (Å²) in [6.07, 6.45) is 0.999. The molecule has 6 nitrogen and oxygen atoms in total. The molecule has 8 heteroatoms. The Hall–Kier alpha value is -2.61. The second kappa shape index (κ2) is 8.66. The Morgan fingerprint density at radius 2 is 1.77 bits per heavy atom. The van der Waals surface area contributed by atoms with Crippen LogP contribution in [0.15, 0.2) is 54.6 Å². The molecule has 0 aliphatic heterocycles. The molecule has 0 bridgehead atoms. The monoisotopic (exact) mass is 380 g/mol. The molecule has 0 spiro atoms. The van der Waals surface area contributed by atoms with Crippen LogP contribution in [0.3, 0.4) is 0 Å². The number of nitrogens with zero attached hydrogens (tertiary/aromatic N) is 1. The van der Waals surface area contributed by atoms with Gasteiger partial charge in [-0.25, -0.2) is 12.8 Å². The SMILES string of the molecule is C[C@H](C(=O)NCCOc1ccccc1)N(c1ccc(F)cc1)S(C)(=O)=O. The first-order chi connectivity index (χ1) is 12.3. The highest BCUT2D eigenvalue weighted by atomic mass is 32.2. The Labute approximate surface area is 152 Å². The number of hydrogen-bond acceptors (Lipinski definition) is 4. The lowest BCUT2D eigenvalue weighted by Gasteiger charge is -2.28. The van der Waals surface area contributed by atoms with E-state index in [1.807, 2.05) is 18.2 Å². The number of amides is 1. The van der Waals surface area contributed by atoms with Gasteiger partial charge in [-0.1, -0.05) is 18.2 Å². The van der Waals surface area contributed by atoms with Crippen molar-refractivity contribution in [3.8, 4) is 5.75 Å². The molecule has 0 aliphatic rings. The van der Waals surface area contributed by atoms with E-state index in [9.17, 15) is 17.6 Å². The maximum atomic E-state index is 13.1. The highest BCUT2D eigenvalue weighted by molar-refractivity contribution is 7.92. The number of carbonyl (C=O) groups excluding carboxylic acids is 1. The second-order valence-electron chi connectivity index (χ2n) is 5.66. The van der Waals surface area contributed by atoms with E-state index in [0.717, 1.165) is 22.7 Å².